The molecule has 1 aliphatic carbocycles. The monoisotopic (exact) mass is 363 g/mol. The minimum atomic E-state index is 0.280. The molecule has 2 aromatic rings. The average molecular weight is 364 g/mol. The van der Waals surface area contributed by atoms with Crippen LogP contribution in [0.25, 0.3) is 12.2 Å². The number of hydrogen-bond acceptors (Lipinski definition) is 3. The third-order valence-electron chi connectivity index (χ3n) is 4.12. The van der Waals surface area contributed by atoms with Gasteiger partial charge in [-0.2, -0.15) is 0 Å². The lowest BCUT2D eigenvalue weighted by Crippen LogP contribution is -2.11. The van der Waals surface area contributed by atoms with E-state index in [4.69, 9.17) is 32.7 Å². The van der Waals surface area contributed by atoms with Crippen molar-refractivity contribution in [3.63, 3.8) is 0 Å². The molecule has 1 fully saturated rings. The van der Waals surface area contributed by atoms with Crippen molar-refractivity contribution in [2.75, 3.05) is 7.11 Å². The number of nitrogens with zero attached hydrogens (tertiary/aromatic N) is 1. The number of aromatic nitrogens is 1. The number of methoxy groups -OCH3 is 1. The van der Waals surface area contributed by atoms with Gasteiger partial charge < -0.3 is 9.47 Å². The molecule has 1 saturated carbocycles. The summed E-state index contributed by atoms with van der Waals surface area (Å²) in [4.78, 5) is 3.96. The first-order chi connectivity index (χ1) is 11.7. The SMILES string of the molecule is COc1ccc(/C=C/c2c(Cl)cncc2Cl)cc1OC1CCCC1. The van der Waals surface area contributed by atoms with E-state index in [9.17, 15) is 0 Å². The van der Waals surface area contributed by atoms with Gasteiger partial charge in [-0.05, 0) is 43.4 Å². The first-order valence-corrected chi connectivity index (χ1v) is 8.75. The van der Waals surface area contributed by atoms with Crippen molar-refractivity contribution in [3.8, 4) is 11.5 Å². The average Bonchev–Trinajstić information content (AvgIpc) is 3.08. The summed E-state index contributed by atoms with van der Waals surface area (Å²) in [6, 6.07) is 5.87. The van der Waals surface area contributed by atoms with Crippen LogP contribution < -0.4 is 9.47 Å². The van der Waals surface area contributed by atoms with Crippen molar-refractivity contribution in [2.45, 2.75) is 31.8 Å². The van der Waals surface area contributed by atoms with E-state index in [0.29, 0.717) is 10.0 Å². The summed E-state index contributed by atoms with van der Waals surface area (Å²) in [6.45, 7) is 0. The van der Waals surface area contributed by atoms with Crippen LogP contribution in [0.1, 0.15) is 36.8 Å². The Morgan fingerprint density at radius 1 is 1.04 bits per heavy atom. The summed E-state index contributed by atoms with van der Waals surface area (Å²) in [5.74, 6) is 1.53. The Labute approximate surface area is 152 Å². The van der Waals surface area contributed by atoms with Gasteiger partial charge in [0.2, 0.25) is 0 Å². The van der Waals surface area contributed by atoms with Crippen LogP contribution in [-0.4, -0.2) is 18.2 Å². The first-order valence-electron chi connectivity index (χ1n) is 7.99. The molecule has 5 heteroatoms. The molecule has 0 radical (unpaired) electrons. The second kappa shape index (κ2) is 7.91. The first kappa shape index (κ1) is 17.1. The van der Waals surface area contributed by atoms with Gasteiger partial charge in [-0.1, -0.05) is 41.4 Å². The molecule has 1 aromatic heterocycles. The van der Waals surface area contributed by atoms with Crippen LogP contribution in [0.5, 0.6) is 11.5 Å². The standard InChI is InChI=1S/C19H19Cl2NO2/c1-23-18-9-7-13(10-19(18)24-14-4-2-3-5-14)6-8-15-16(20)11-22-12-17(15)21/h6-12,14H,2-5H2,1H3/b8-6+. The maximum absolute atomic E-state index is 6.15. The highest BCUT2D eigenvalue weighted by atomic mass is 35.5. The maximum Gasteiger partial charge on any atom is 0.162 e. The summed E-state index contributed by atoms with van der Waals surface area (Å²) < 4.78 is 11.5. The minimum Gasteiger partial charge on any atom is -0.493 e. The van der Waals surface area contributed by atoms with E-state index in [1.54, 1.807) is 19.5 Å². The molecule has 126 valence electrons. The van der Waals surface area contributed by atoms with Gasteiger partial charge in [-0.3, -0.25) is 4.98 Å². The minimum absolute atomic E-state index is 0.280. The van der Waals surface area contributed by atoms with Gasteiger partial charge >= 0.3 is 0 Å². The predicted molar refractivity (Wildman–Crippen MR) is 99.1 cm³/mol. The highest BCUT2D eigenvalue weighted by Crippen LogP contribution is 2.33. The number of pyridine rings is 1. The smallest absolute Gasteiger partial charge is 0.162 e. The van der Waals surface area contributed by atoms with Crippen molar-refractivity contribution in [2.24, 2.45) is 0 Å². The summed E-state index contributed by atoms with van der Waals surface area (Å²) in [6.07, 6.45) is 11.9. The lowest BCUT2D eigenvalue weighted by atomic mass is 10.1. The molecule has 1 aromatic carbocycles. The normalized spacial score (nSPS) is 15.1. The van der Waals surface area contributed by atoms with E-state index in [0.717, 1.165) is 35.5 Å². The van der Waals surface area contributed by atoms with Crippen LogP contribution in [0.4, 0.5) is 0 Å². The van der Waals surface area contributed by atoms with Crippen molar-refractivity contribution in [3.05, 3.63) is 51.8 Å². The zero-order valence-electron chi connectivity index (χ0n) is 13.5. The van der Waals surface area contributed by atoms with Gasteiger partial charge in [0.05, 0.1) is 23.3 Å². The van der Waals surface area contributed by atoms with E-state index >= 15 is 0 Å². The Kier molecular flexibility index (Phi) is 5.64. The van der Waals surface area contributed by atoms with Gasteiger partial charge in [0.1, 0.15) is 0 Å². The molecular formula is C19H19Cl2NO2. The van der Waals surface area contributed by atoms with E-state index in [-0.39, 0.29) is 6.10 Å². The number of benzene rings is 1. The lowest BCUT2D eigenvalue weighted by molar-refractivity contribution is 0.201. The van der Waals surface area contributed by atoms with Crippen molar-refractivity contribution >= 4 is 35.4 Å². The van der Waals surface area contributed by atoms with E-state index in [2.05, 4.69) is 4.98 Å². The van der Waals surface area contributed by atoms with Gasteiger partial charge in [-0.15, -0.1) is 0 Å². The number of hydrogen-bond donors (Lipinski definition) is 0. The Morgan fingerprint density at radius 2 is 1.75 bits per heavy atom. The molecule has 1 aliphatic rings. The highest BCUT2D eigenvalue weighted by Gasteiger charge is 2.18. The molecule has 0 spiro atoms. The van der Waals surface area contributed by atoms with Crippen molar-refractivity contribution in [1.82, 2.24) is 4.98 Å². The van der Waals surface area contributed by atoms with E-state index < -0.39 is 0 Å². The largest absolute Gasteiger partial charge is 0.493 e. The van der Waals surface area contributed by atoms with Gasteiger partial charge in [0.25, 0.3) is 0 Å². The maximum atomic E-state index is 6.15. The molecule has 0 aliphatic heterocycles. The van der Waals surface area contributed by atoms with Crippen LogP contribution in [0.3, 0.4) is 0 Å². The predicted octanol–water partition coefficient (Wildman–Crippen LogP) is 5.89. The van der Waals surface area contributed by atoms with Crippen LogP contribution in [0.2, 0.25) is 10.0 Å². The highest BCUT2D eigenvalue weighted by molar-refractivity contribution is 6.37. The van der Waals surface area contributed by atoms with Crippen LogP contribution in [0, 0.1) is 0 Å². The van der Waals surface area contributed by atoms with Crippen molar-refractivity contribution < 1.29 is 9.47 Å². The number of rotatable bonds is 5. The van der Waals surface area contributed by atoms with Crippen LogP contribution >= 0.6 is 23.2 Å². The molecule has 0 saturated heterocycles. The summed E-state index contributed by atoms with van der Waals surface area (Å²) in [7, 11) is 1.66. The Balaban J connectivity index is 1.84. The van der Waals surface area contributed by atoms with Gasteiger partial charge in [-0.25, -0.2) is 0 Å². The zero-order chi connectivity index (χ0) is 16.9. The van der Waals surface area contributed by atoms with E-state index in [1.165, 1.54) is 12.8 Å². The lowest BCUT2D eigenvalue weighted by Gasteiger charge is -2.16. The molecular weight excluding hydrogens is 345 g/mol. The Morgan fingerprint density at radius 3 is 2.42 bits per heavy atom. The van der Waals surface area contributed by atoms with Gasteiger partial charge in [0.15, 0.2) is 11.5 Å². The third kappa shape index (κ3) is 4.03. The topological polar surface area (TPSA) is 31.4 Å². The fraction of sp³-hybridized carbons (Fsp3) is 0.316. The summed E-state index contributed by atoms with van der Waals surface area (Å²) >= 11 is 12.3. The van der Waals surface area contributed by atoms with Crippen LogP contribution in [-0.2, 0) is 0 Å². The quantitative estimate of drug-likeness (QED) is 0.663. The molecule has 0 atom stereocenters. The zero-order valence-corrected chi connectivity index (χ0v) is 15.0. The molecule has 0 unspecified atom stereocenters. The Bertz CT molecular complexity index is 720. The molecule has 0 N–H and O–H groups in total. The van der Waals surface area contributed by atoms with E-state index in [1.807, 2.05) is 30.4 Å². The summed E-state index contributed by atoms with van der Waals surface area (Å²) in [5, 5.41) is 1.05. The molecule has 0 amide bonds. The number of ether oxygens (including phenoxy) is 2. The third-order valence-corrected chi connectivity index (χ3v) is 4.72. The molecule has 3 nitrogen and oxygen atoms in total. The second-order valence-corrected chi connectivity index (χ2v) is 6.60. The fourth-order valence-electron chi connectivity index (χ4n) is 2.83. The van der Waals surface area contributed by atoms with Crippen LogP contribution in [0.15, 0.2) is 30.6 Å². The molecule has 1 heterocycles. The second-order valence-electron chi connectivity index (χ2n) is 5.78. The Hall–Kier alpha value is -1.71. The molecule has 0 bridgehead atoms. The van der Waals surface area contributed by atoms with Crippen molar-refractivity contribution in [1.29, 1.82) is 0 Å². The molecule has 3 rings (SSSR count). The number of halogens is 2. The molecule has 24 heavy (non-hydrogen) atoms. The fourth-order valence-corrected chi connectivity index (χ4v) is 3.33. The summed E-state index contributed by atoms with van der Waals surface area (Å²) in [5.41, 5.74) is 1.75. The van der Waals surface area contributed by atoms with Gasteiger partial charge in [0, 0.05) is 18.0 Å².